The number of hydrogen-bond donors (Lipinski definition) is 1. The molecular formula is C9H7OSY-. The van der Waals surface area contributed by atoms with Crippen LogP contribution in [0.15, 0.2) is 18.2 Å². The third-order valence-corrected chi connectivity index (χ3v) is 2.65. The minimum absolute atomic E-state index is 0. The minimum atomic E-state index is 0. The van der Waals surface area contributed by atoms with E-state index in [1.165, 1.54) is 5.39 Å². The first-order chi connectivity index (χ1) is 5.27. The zero-order chi connectivity index (χ0) is 7.84. The number of benzene rings is 1. The molecule has 0 unspecified atom stereocenters. The number of phenolic OH excluding ortho intramolecular Hbond substituents is 1. The van der Waals surface area contributed by atoms with Gasteiger partial charge in [0.2, 0.25) is 0 Å². The third-order valence-electron chi connectivity index (χ3n) is 1.68. The summed E-state index contributed by atoms with van der Waals surface area (Å²) in [6.07, 6.45) is 0. The van der Waals surface area contributed by atoms with Gasteiger partial charge < -0.3 is 5.11 Å². The van der Waals surface area contributed by atoms with E-state index in [0.717, 1.165) is 10.3 Å². The fourth-order valence-corrected chi connectivity index (χ4v) is 1.98. The average Bonchev–Trinajstić information content (AvgIpc) is 2.32. The summed E-state index contributed by atoms with van der Waals surface area (Å²) in [6, 6.07) is 5.40. The monoisotopic (exact) mass is 252 g/mol. The van der Waals surface area contributed by atoms with E-state index in [2.05, 4.69) is 5.38 Å². The predicted octanol–water partition coefficient (Wildman–Crippen LogP) is 2.71. The Morgan fingerprint density at radius 3 is 2.92 bits per heavy atom. The van der Waals surface area contributed by atoms with E-state index in [9.17, 15) is 0 Å². The van der Waals surface area contributed by atoms with Crippen molar-refractivity contribution in [3.05, 3.63) is 29.1 Å². The Balaban J connectivity index is 0.000000720. The van der Waals surface area contributed by atoms with E-state index in [0.29, 0.717) is 5.75 Å². The molecule has 0 spiro atoms. The maximum absolute atomic E-state index is 9.13. The number of thiophene rings is 1. The van der Waals surface area contributed by atoms with Crippen molar-refractivity contribution >= 4 is 21.4 Å². The number of aryl methyl sites for hydroxylation is 1. The Labute approximate surface area is 100 Å². The average molecular weight is 252 g/mol. The fraction of sp³-hybridized carbons (Fsp3) is 0.111. The zero-order valence-electron chi connectivity index (χ0n) is 6.66. The first-order valence-corrected chi connectivity index (χ1v) is 4.19. The second-order valence-corrected chi connectivity index (χ2v) is 3.36. The molecule has 0 saturated carbocycles. The van der Waals surface area contributed by atoms with Gasteiger partial charge in [-0.25, -0.2) is 0 Å². The topological polar surface area (TPSA) is 20.2 Å². The van der Waals surface area contributed by atoms with E-state index in [-0.39, 0.29) is 32.7 Å². The van der Waals surface area contributed by atoms with Crippen LogP contribution in [0.1, 0.15) is 5.56 Å². The number of rotatable bonds is 0. The van der Waals surface area contributed by atoms with Crippen LogP contribution in [0.5, 0.6) is 5.75 Å². The second-order valence-electron chi connectivity index (χ2n) is 2.51. The molecule has 0 bridgehead atoms. The predicted molar refractivity (Wildman–Crippen MR) is 47.1 cm³/mol. The van der Waals surface area contributed by atoms with Crippen LogP contribution >= 0.6 is 11.3 Å². The van der Waals surface area contributed by atoms with Crippen LogP contribution in [0.25, 0.3) is 10.1 Å². The molecule has 1 aromatic heterocycles. The maximum atomic E-state index is 9.13. The van der Waals surface area contributed by atoms with E-state index in [1.54, 1.807) is 23.5 Å². The number of aromatic hydroxyl groups is 1. The van der Waals surface area contributed by atoms with Gasteiger partial charge in [0, 0.05) is 32.7 Å². The quantitative estimate of drug-likeness (QED) is 0.715. The zero-order valence-corrected chi connectivity index (χ0v) is 10.3. The Morgan fingerprint density at radius 2 is 2.17 bits per heavy atom. The Morgan fingerprint density at radius 1 is 1.42 bits per heavy atom. The van der Waals surface area contributed by atoms with Crippen molar-refractivity contribution in [2.45, 2.75) is 6.92 Å². The smallest absolute Gasteiger partial charge is 0.102 e. The van der Waals surface area contributed by atoms with Gasteiger partial charge in [-0.1, -0.05) is 13.0 Å². The number of phenols is 1. The van der Waals surface area contributed by atoms with Crippen molar-refractivity contribution in [1.29, 1.82) is 0 Å². The summed E-state index contributed by atoms with van der Waals surface area (Å²) < 4.78 is 1.10. The molecule has 0 aliphatic heterocycles. The molecule has 1 radical (unpaired) electrons. The van der Waals surface area contributed by atoms with Gasteiger partial charge in [0.25, 0.3) is 0 Å². The summed E-state index contributed by atoms with van der Waals surface area (Å²) >= 11 is 1.54. The van der Waals surface area contributed by atoms with Crippen molar-refractivity contribution in [3.8, 4) is 5.75 Å². The first kappa shape index (κ1) is 10.2. The summed E-state index contributed by atoms with van der Waals surface area (Å²) in [6.45, 7) is 2.02. The van der Waals surface area contributed by atoms with Gasteiger partial charge in [-0.05, 0) is 6.07 Å². The molecule has 12 heavy (non-hydrogen) atoms. The van der Waals surface area contributed by atoms with Crippen LogP contribution in [0.3, 0.4) is 0 Å². The Hall–Kier alpha value is 0.0839. The molecular weight excluding hydrogens is 245 g/mol. The van der Waals surface area contributed by atoms with Gasteiger partial charge in [0.1, 0.15) is 5.75 Å². The first-order valence-electron chi connectivity index (χ1n) is 3.37. The molecule has 1 aromatic carbocycles. The van der Waals surface area contributed by atoms with Crippen LogP contribution in [-0.2, 0) is 32.7 Å². The molecule has 0 aliphatic rings. The van der Waals surface area contributed by atoms with Gasteiger partial charge in [0.05, 0.1) is 0 Å². The van der Waals surface area contributed by atoms with Gasteiger partial charge in [0.15, 0.2) is 0 Å². The fourth-order valence-electron chi connectivity index (χ4n) is 1.09. The van der Waals surface area contributed by atoms with Gasteiger partial charge in [-0.3, -0.25) is 11.3 Å². The van der Waals surface area contributed by atoms with Crippen molar-refractivity contribution in [2.75, 3.05) is 0 Å². The maximum Gasteiger partial charge on any atom is 0.102 e. The van der Waals surface area contributed by atoms with E-state index in [4.69, 9.17) is 5.11 Å². The summed E-state index contributed by atoms with van der Waals surface area (Å²) in [5, 5.41) is 13.5. The Bertz CT molecular complexity index is 394. The van der Waals surface area contributed by atoms with Gasteiger partial charge in [-0.2, -0.15) is 10.9 Å². The van der Waals surface area contributed by atoms with E-state index in [1.807, 2.05) is 13.0 Å². The minimum Gasteiger partial charge on any atom is -0.509 e. The summed E-state index contributed by atoms with van der Waals surface area (Å²) in [5.74, 6) is 0.327. The number of fused-ring (bicyclic) bond motifs is 1. The van der Waals surface area contributed by atoms with Crippen LogP contribution in [-0.4, -0.2) is 5.11 Å². The largest absolute Gasteiger partial charge is 0.509 e. The van der Waals surface area contributed by atoms with E-state index < -0.39 is 0 Å². The molecule has 1 heterocycles. The van der Waals surface area contributed by atoms with Gasteiger partial charge >= 0.3 is 0 Å². The van der Waals surface area contributed by atoms with Crippen molar-refractivity contribution in [2.24, 2.45) is 0 Å². The molecule has 1 N–H and O–H groups in total. The standard InChI is InChI=1S/C9H7OS.Y/c1-6-5-11-9-4-7(10)2-3-8(6)9;/h2-4,10H,1H3;/q-1;. The second kappa shape index (κ2) is 3.86. The molecule has 2 aromatic rings. The molecule has 1 nitrogen and oxygen atoms in total. The van der Waals surface area contributed by atoms with E-state index >= 15 is 0 Å². The summed E-state index contributed by atoms with van der Waals surface area (Å²) in [4.78, 5) is 0. The van der Waals surface area contributed by atoms with Crippen molar-refractivity contribution in [1.82, 2.24) is 0 Å². The van der Waals surface area contributed by atoms with Crippen LogP contribution < -0.4 is 0 Å². The Kier molecular flexibility index (Phi) is 3.27. The molecule has 0 aliphatic carbocycles. The van der Waals surface area contributed by atoms with Crippen LogP contribution in [0, 0.1) is 12.3 Å². The van der Waals surface area contributed by atoms with Crippen LogP contribution in [0.4, 0.5) is 0 Å². The number of hydrogen-bond acceptors (Lipinski definition) is 2. The van der Waals surface area contributed by atoms with Crippen molar-refractivity contribution < 1.29 is 37.8 Å². The molecule has 0 atom stereocenters. The third kappa shape index (κ3) is 1.71. The SMILES string of the molecule is Cc1[c-]sc2cc(O)ccc12.[Y]. The normalized spacial score (nSPS) is 9.75. The molecule has 59 valence electrons. The molecule has 0 saturated heterocycles. The molecule has 0 amide bonds. The van der Waals surface area contributed by atoms with Crippen molar-refractivity contribution in [3.63, 3.8) is 0 Å². The summed E-state index contributed by atoms with van der Waals surface area (Å²) in [7, 11) is 0. The molecule has 0 fully saturated rings. The van der Waals surface area contributed by atoms with Gasteiger partial charge in [-0.15, -0.1) is 16.1 Å². The molecule has 2 rings (SSSR count). The molecule has 3 heteroatoms. The van der Waals surface area contributed by atoms with Crippen LogP contribution in [0.2, 0.25) is 0 Å². The summed E-state index contributed by atoms with van der Waals surface area (Å²) in [5.41, 5.74) is 1.16.